The highest BCUT2D eigenvalue weighted by Gasteiger charge is 2.37. The highest BCUT2D eigenvalue weighted by Crippen LogP contribution is 2.37. The van der Waals surface area contributed by atoms with Crippen molar-refractivity contribution < 1.29 is 9.32 Å². The Morgan fingerprint density at radius 2 is 2.03 bits per heavy atom. The number of rotatable bonds is 2. The Labute approximate surface area is 166 Å². The maximum absolute atomic E-state index is 12.8. The SMILES string of the molecule is Cc1cc(C(=O)N2C[C@@H]3C[C@H](C2)c2cc(-c4cc(N)ncn4)cc(=O)n2C3)on1. The molecule has 3 aromatic rings. The summed E-state index contributed by atoms with van der Waals surface area (Å²) < 4.78 is 6.98. The summed E-state index contributed by atoms with van der Waals surface area (Å²) in [7, 11) is 0. The molecule has 1 fully saturated rings. The zero-order chi connectivity index (χ0) is 20.1. The molecule has 5 rings (SSSR count). The fraction of sp³-hybridized carbons (Fsp3) is 0.350. The normalized spacial score (nSPS) is 20.4. The number of nitrogen functional groups attached to an aromatic ring is 1. The Hall–Kier alpha value is -3.49. The first-order valence-electron chi connectivity index (χ1n) is 9.53. The van der Waals surface area contributed by atoms with Crippen LogP contribution in [0.3, 0.4) is 0 Å². The number of amides is 1. The van der Waals surface area contributed by atoms with Crippen LogP contribution in [-0.4, -0.2) is 43.6 Å². The van der Waals surface area contributed by atoms with Gasteiger partial charge in [0.2, 0.25) is 5.76 Å². The summed E-state index contributed by atoms with van der Waals surface area (Å²) >= 11 is 0. The van der Waals surface area contributed by atoms with Gasteiger partial charge in [-0.1, -0.05) is 5.16 Å². The fourth-order valence-corrected chi connectivity index (χ4v) is 4.42. The molecule has 0 spiro atoms. The van der Waals surface area contributed by atoms with E-state index in [1.165, 1.54) is 6.33 Å². The smallest absolute Gasteiger partial charge is 0.292 e. The second kappa shape index (κ2) is 6.54. The maximum atomic E-state index is 12.8. The van der Waals surface area contributed by atoms with E-state index >= 15 is 0 Å². The van der Waals surface area contributed by atoms with Gasteiger partial charge in [0.15, 0.2) is 0 Å². The molecule has 0 unspecified atom stereocenters. The van der Waals surface area contributed by atoms with Gasteiger partial charge in [0.05, 0.1) is 11.4 Å². The van der Waals surface area contributed by atoms with Crippen molar-refractivity contribution in [1.82, 2.24) is 24.6 Å². The van der Waals surface area contributed by atoms with Crippen molar-refractivity contribution in [2.75, 3.05) is 18.8 Å². The van der Waals surface area contributed by atoms with Crippen molar-refractivity contribution in [3.63, 3.8) is 0 Å². The molecule has 2 aliphatic heterocycles. The zero-order valence-corrected chi connectivity index (χ0v) is 15.9. The van der Waals surface area contributed by atoms with E-state index in [2.05, 4.69) is 15.1 Å². The number of hydrogen-bond donors (Lipinski definition) is 1. The number of aromatic nitrogens is 4. The number of likely N-dealkylation sites (tertiary alicyclic amines) is 1. The molecule has 3 aromatic heterocycles. The first-order valence-corrected chi connectivity index (χ1v) is 9.53. The lowest BCUT2D eigenvalue weighted by atomic mass is 9.82. The second-order valence-electron chi connectivity index (χ2n) is 7.79. The third-order valence-corrected chi connectivity index (χ3v) is 5.67. The summed E-state index contributed by atoms with van der Waals surface area (Å²) in [5.41, 5.74) is 8.63. The molecule has 2 aliphatic rings. The molecule has 5 heterocycles. The van der Waals surface area contributed by atoms with Gasteiger partial charge in [-0.15, -0.1) is 0 Å². The van der Waals surface area contributed by atoms with Crippen LogP contribution < -0.4 is 11.3 Å². The Morgan fingerprint density at radius 3 is 2.79 bits per heavy atom. The van der Waals surface area contributed by atoms with Crippen molar-refractivity contribution in [2.24, 2.45) is 5.92 Å². The van der Waals surface area contributed by atoms with Gasteiger partial charge in [0.25, 0.3) is 11.5 Å². The molecular weight excluding hydrogens is 372 g/mol. The van der Waals surface area contributed by atoms with Gasteiger partial charge in [-0.25, -0.2) is 9.97 Å². The first kappa shape index (κ1) is 17.6. The van der Waals surface area contributed by atoms with Crippen molar-refractivity contribution in [3.8, 4) is 11.3 Å². The lowest BCUT2D eigenvalue weighted by Crippen LogP contribution is -2.49. The third-order valence-electron chi connectivity index (χ3n) is 5.67. The highest BCUT2D eigenvalue weighted by atomic mass is 16.5. The van der Waals surface area contributed by atoms with Crippen LogP contribution in [0.15, 0.2) is 39.9 Å². The van der Waals surface area contributed by atoms with E-state index in [-0.39, 0.29) is 29.1 Å². The molecule has 1 saturated heterocycles. The predicted octanol–water partition coefficient (Wildman–Crippen LogP) is 1.44. The first-order chi connectivity index (χ1) is 14.0. The Balaban J connectivity index is 1.50. The number of nitrogens with zero attached hydrogens (tertiary/aromatic N) is 5. The molecule has 1 amide bonds. The molecule has 9 nitrogen and oxygen atoms in total. The maximum Gasteiger partial charge on any atom is 0.292 e. The van der Waals surface area contributed by atoms with Crippen LogP contribution in [0, 0.1) is 12.8 Å². The van der Waals surface area contributed by atoms with E-state index in [0.717, 1.165) is 12.1 Å². The topological polar surface area (TPSA) is 120 Å². The summed E-state index contributed by atoms with van der Waals surface area (Å²) in [4.78, 5) is 35.6. The van der Waals surface area contributed by atoms with Gasteiger partial charge < -0.3 is 19.7 Å². The number of nitrogens with two attached hydrogens (primary N) is 1. The number of aryl methyl sites for hydroxylation is 1. The average Bonchev–Trinajstić information content (AvgIpc) is 3.14. The molecule has 0 aliphatic carbocycles. The molecule has 0 saturated carbocycles. The summed E-state index contributed by atoms with van der Waals surface area (Å²) in [5, 5.41) is 3.81. The molecule has 9 heteroatoms. The van der Waals surface area contributed by atoms with Crippen LogP contribution in [0.25, 0.3) is 11.3 Å². The standard InChI is InChI=1S/C20H20N6O3/c1-11-2-17(29-24-11)20(28)25-7-12-3-14(9-25)16-4-13(5-19(27)26(16)8-12)15-6-18(21)23-10-22-15/h2,4-6,10,12,14H,3,7-9H2,1H3,(H2,21,22,23)/t12-,14+/m0/s1. The number of carbonyl (C=O) groups is 1. The Kier molecular flexibility index (Phi) is 3.97. The number of hydrogen-bond acceptors (Lipinski definition) is 7. The number of anilines is 1. The van der Waals surface area contributed by atoms with Gasteiger partial charge in [0, 0.05) is 55.0 Å². The summed E-state index contributed by atoms with van der Waals surface area (Å²) in [6, 6.07) is 6.88. The lowest BCUT2D eigenvalue weighted by Gasteiger charge is -2.42. The Bertz CT molecular complexity index is 1170. The lowest BCUT2D eigenvalue weighted by molar-refractivity contribution is 0.0554. The van der Waals surface area contributed by atoms with Crippen LogP contribution in [-0.2, 0) is 6.54 Å². The quantitative estimate of drug-likeness (QED) is 0.700. The van der Waals surface area contributed by atoms with Crippen molar-refractivity contribution >= 4 is 11.7 Å². The van der Waals surface area contributed by atoms with E-state index in [9.17, 15) is 9.59 Å². The third kappa shape index (κ3) is 3.08. The van der Waals surface area contributed by atoms with Crippen LogP contribution in [0.2, 0.25) is 0 Å². The number of pyridine rings is 1. The molecular formula is C20H20N6O3. The minimum atomic E-state index is -0.157. The zero-order valence-electron chi connectivity index (χ0n) is 15.9. The summed E-state index contributed by atoms with van der Waals surface area (Å²) in [6.07, 6.45) is 2.33. The van der Waals surface area contributed by atoms with Crippen LogP contribution in [0.1, 0.15) is 34.3 Å². The second-order valence-corrected chi connectivity index (χ2v) is 7.79. The van der Waals surface area contributed by atoms with E-state index in [4.69, 9.17) is 10.3 Å². The van der Waals surface area contributed by atoms with Gasteiger partial charge in [-0.05, 0) is 25.3 Å². The molecule has 29 heavy (non-hydrogen) atoms. The van der Waals surface area contributed by atoms with E-state index in [1.807, 2.05) is 15.5 Å². The summed E-state index contributed by atoms with van der Waals surface area (Å²) in [5.74, 6) is 0.750. The average molecular weight is 392 g/mol. The minimum absolute atomic E-state index is 0.0602. The Morgan fingerprint density at radius 1 is 1.17 bits per heavy atom. The highest BCUT2D eigenvalue weighted by molar-refractivity contribution is 5.91. The number of fused-ring (bicyclic) bond motifs is 4. The van der Waals surface area contributed by atoms with E-state index < -0.39 is 0 Å². The monoisotopic (exact) mass is 392 g/mol. The van der Waals surface area contributed by atoms with Crippen molar-refractivity contribution in [1.29, 1.82) is 0 Å². The van der Waals surface area contributed by atoms with Gasteiger partial charge in [-0.3, -0.25) is 9.59 Å². The van der Waals surface area contributed by atoms with Crippen molar-refractivity contribution in [2.45, 2.75) is 25.8 Å². The summed E-state index contributed by atoms with van der Waals surface area (Å²) in [6.45, 7) is 3.51. The van der Waals surface area contributed by atoms with Gasteiger partial charge in [-0.2, -0.15) is 0 Å². The molecule has 2 atom stereocenters. The fourth-order valence-electron chi connectivity index (χ4n) is 4.42. The molecule has 2 bridgehead atoms. The number of carbonyl (C=O) groups excluding carboxylic acids is 1. The predicted molar refractivity (Wildman–Crippen MR) is 104 cm³/mol. The molecule has 0 aromatic carbocycles. The van der Waals surface area contributed by atoms with Gasteiger partial charge in [0.1, 0.15) is 12.1 Å². The molecule has 148 valence electrons. The van der Waals surface area contributed by atoms with Crippen LogP contribution in [0.5, 0.6) is 0 Å². The van der Waals surface area contributed by atoms with E-state index in [0.29, 0.717) is 42.4 Å². The number of piperidine rings is 1. The minimum Gasteiger partial charge on any atom is -0.384 e. The van der Waals surface area contributed by atoms with Gasteiger partial charge >= 0.3 is 0 Å². The van der Waals surface area contributed by atoms with Crippen LogP contribution >= 0.6 is 0 Å². The molecule has 2 N–H and O–H groups in total. The van der Waals surface area contributed by atoms with Crippen LogP contribution in [0.4, 0.5) is 5.82 Å². The largest absolute Gasteiger partial charge is 0.384 e. The van der Waals surface area contributed by atoms with Crippen molar-refractivity contribution in [3.05, 3.63) is 58.1 Å². The van der Waals surface area contributed by atoms with E-state index in [1.54, 1.807) is 25.1 Å². The molecule has 0 radical (unpaired) electrons.